The van der Waals surface area contributed by atoms with E-state index in [0.717, 1.165) is 5.56 Å². The van der Waals surface area contributed by atoms with E-state index in [1.165, 1.54) is 28.0 Å². The Morgan fingerprint density at radius 1 is 1.07 bits per heavy atom. The molecule has 0 saturated carbocycles. The maximum Gasteiger partial charge on any atom is 0.337 e. The molecule has 1 unspecified atom stereocenters. The quantitative estimate of drug-likeness (QED) is 0.297. The molecule has 0 radical (unpaired) electrons. The van der Waals surface area contributed by atoms with Gasteiger partial charge in [-0.1, -0.05) is 35.9 Å². The molecule has 1 atom stereocenters. The van der Waals surface area contributed by atoms with Gasteiger partial charge in [0.15, 0.2) is 0 Å². The zero-order valence-electron chi connectivity index (χ0n) is 20.8. The Morgan fingerprint density at radius 2 is 1.85 bits per heavy atom. The molecule has 5 rings (SSSR count). The van der Waals surface area contributed by atoms with E-state index in [1.54, 1.807) is 54.6 Å². The first-order chi connectivity index (χ1) is 19.3. The summed E-state index contributed by atoms with van der Waals surface area (Å²) in [5.74, 6) is -2.17. The first-order valence-electron chi connectivity index (χ1n) is 12.1. The number of hydrogen-bond donors (Lipinski definition) is 3. The SMILES string of the molecule is O=C(CCc1ccc(N2CC(=O)NC(c3cc(Cl)ccc3-n3cnnn3)C2=O)cc1)Nc1ccccc1C(=O)O. The molecular weight excluding hydrogens is 538 g/mol. The third-order valence-corrected chi connectivity index (χ3v) is 6.57. The lowest BCUT2D eigenvalue weighted by atomic mass is 10.00. The van der Waals surface area contributed by atoms with Crippen LogP contribution in [0, 0.1) is 0 Å². The first-order valence-corrected chi connectivity index (χ1v) is 12.5. The number of hydrogen-bond acceptors (Lipinski definition) is 7. The number of piperazine rings is 1. The van der Waals surface area contributed by atoms with Crippen LogP contribution in [0.4, 0.5) is 11.4 Å². The number of aromatic carboxylic acids is 1. The molecule has 13 heteroatoms. The lowest BCUT2D eigenvalue weighted by Crippen LogP contribution is -2.53. The average Bonchev–Trinajstić information content (AvgIpc) is 3.48. The number of anilines is 2. The van der Waals surface area contributed by atoms with E-state index in [9.17, 15) is 24.3 Å². The van der Waals surface area contributed by atoms with Crippen molar-refractivity contribution in [3.05, 3.63) is 94.8 Å². The Labute approximate surface area is 232 Å². The summed E-state index contributed by atoms with van der Waals surface area (Å²) in [5.41, 5.74) is 2.52. The van der Waals surface area contributed by atoms with E-state index >= 15 is 0 Å². The molecule has 3 amide bonds. The number of carbonyl (C=O) groups excluding carboxylic acids is 3. The molecule has 1 aliphatic heterocycles. The number of para-hydroxylation sites is 1. The molecule has 0 bridgehead atoms. The number of nitrogens with one attached hydrogen (secondary N) is 2. The van der Waals surface area contributed by atoms with Gasteiger partial charge in [0.05, 0.1) is 16.9 Å². The van der Waals surface area contributed by atoms with Gasteiger partial charge in [-0.05, 0) is 64.9 Å². The fourth-order valence-electron chi connectivity index (χ4n) is 4.40. The van der Waals surface area contributed by atoms with Gasteiger partial charge in [-0.15, -0.1) is 5.10 Å². The molecule has 40 heavy (non-hydrogen) atoms. The van der Waals surface area contributed by atoms with Gasteiger partial charge >= 0.3 is 5.97 Å². The Bertz CT molecular complexity index is 1590. The number of carboxylic acids is 1. The molecule has 2 heterocycles. The highest BCUT2D eigenvalue weighted by Gasteiger charge is 2.36. The summed E-state index contributed by atoms with van der Waals surface area (Å²) in [5, 5.41) is 26.2. The third-order valence-electron chi connectivity index (χ3n) is 6.34. The van der Waals surface area contributed by atoms with Gasteiger partial charge in [0.2, 0.25) is 11.8 Å². The standard InChI is InChI=1S/C27H22ClN7O5/c28-17-8-11-22(35-15-29-32-33-35)20(13-17)25-26(38)34(14-24(37)31-25)18-9-5-16(6-10-18)7-12-23(36)30-21-4-2-1-3-19(21)27(39)40/h1-6,8-11,13,15,25H,7,12,14H2,(H,30,36)(H,31,37)(H,39,40). The van der Waals surface area contributed by atoms with Crippen LogP contribution in [-0.2, 0) is 20.8 Å². The molecule has 4 aromatic rings. The molecule has 1 aliphatic rings. The number of carboxylic acid groups (broad SMARTS) is 1. The van der Waals surface area contributed by atoms with E-state index in [4.69, 9.17) is 11.6 Å². The Morgan fingerprint density at radius 3 is 2.58 bits per heavy atom. The van der Waals surface area contributed by atoms with Gasteiger partial charge in [0, 0.05) is 22.7 Å². The summed E-state index contributed by atoms with van der Waals surface area (Å²) in [7, 11) is 0. The van der Waals surface area contributed by atoms with Crippen LogP contribution in [0.1, 0.15) is 33.9 Å². The number of tetrazole rings is 1. The maximum absolute atomic E-state index is 13.6. The van der Waals surface area contributed by atoms with Crippen LogP contribution in [-0.4, -0.2) is 55.5 Å². The van der Waals surface area contributed by atoms with E-state index in [1.807, 2.05) is 0 Å². The zero-order chi connectivity index (χ0) is 28.2. The van der Waals surface area contributed by atoms with Gasteiger partial charge < -0.3 is 20.6 Å². The fraction of sp³-hybridized carbons (Fsp3) is 0.148. The summed E-state index contributed by atoms with van der Waals surface area (Å²) < 4.78 is 1.38. The monoisotopic (exact) mass is 559 g/mol. The number of amides is 3. The number of nitrogens with zero attached hydrogens (tertiary/aromatic N) is 5. The second-order valence-corrected chi connectivity index (χ2v) is 9.38. The maximum atomic E-state index is 13.6. The minimum absolute atomic E-state index is 0.0107. The summed E-state index contributed by atoms with van der Waals surface area (Å²) in [6.07, 6.45) is 1.88. The predicted molar refractivity (Wildman–Crippen MR) is 144 cm³/mol. The molecule has 3 aromatic carbocycles. The Hall–Kier alpha value is -5.10. The summed E-state index contributed by atoms with van der Waals surface area (Å²) >= 11 is 6.22. The summed E-state index contributed by atoms with van der Waals surface area (Å²) in [4.78, 5) is 51.4. The number of rotatable bonds is 8. The minimum atomic E-state index is -1.13. The van der Waals surface area contributed by atoms with Crippen molar-refractivity contribution in [2.75, 3.05) is 16.8 Å². The van der Waals surface area contributed by atoms with Crippen molar-refractivity contribution in [1.29, 1.82) is 0 Å². The highest BCUT2D eigenvalue weighted by molar-refractivity contribution is 6.30. The third kappa shape index (κ3) is 5.66. The van der Waals surface area contributed by atoms with Gasteiger partial charge in [0.1, 0.15) is 18.9 Å². The largest absolute Gasteiger partial charge is 0.478 e. The predicted octanol–water partition coefficient (Wildman–Crippen LogP) is 2.79. The van der Waals surface area contributed by atoms with Gasteiger partial charge in [-0.25, -0.2) is 9.48 Å². The van der Waals surface area contributed by atoms with Crippen LogP contribution in [0.5, 0.6) is 0 Å². The topological polar surface area (TPSA) is 159 Å². The van der Waals surface area contributed by atoms with Gasteiger partial charge in [-0.3, -0.25) is 14.4 Å². The highest BCUT2D eigenvalue weighted by Crippen LogP contribution is 2.30. The van der Waals surface area contributed by atoms with E-state index in [2.05, 4.69) is 26.2 Å². The smallest absolute Gasteiger partial charge is 0.337 e. The zero-order valence-corrected chi connectivity index (χ0v) is 21.6. The lowest BCUT2D eigenvalue weighted by molar-refractivity contribution is -0.131. The van der Waals surface area contributed by atoms with Crippen LogP contribution in [0.25, 0.3) is 5.69 Å². The normalized spacial score (nSPS) is 15.0. The minimum Gasteiger partial charge on any atom is -0.478 e. The lowest BCUT2D eigenvalue weighted by Gasteiger charge is -2.33. The Balaban J connectivity index is 1.29. The highest BCUT2D eigenvalue weighted by atomic mass is 35.5. The van der Waals surface area contributed by atoms with Crippen molar-refractivity contribution in [2.45, 2.75) is 18.9 Å². The molecule has 0 spiro atoms. The molecule has 3 N–H and O–H groups in total. The van der Waals surface area contributed by atoms with E-state index in [-0.39, 0.29) is 41.9 Å². The number of carbonyl (C=O) groups is 4. The number of benzene rings is 3. The molecule has 0 aliphatic carbocycles. The second kappa shape index (κ2) is 11.3. The van der Waals surface area contributed by atoms with Crippen molar-refractivity contribution in [1.82, 2.24) is 25.5 Å². The number of aromatic nitrogens is 4. The van der Waals surface area contributed by atoms with Crippen LogP contribution in [0.15, 0.2) is 73.1 Å². The van der Waals surface area contributed by atoms with Crippen LogP contribution < -0.4 is 15.5 Å². The molecular formula is C27H22ClN7O5. The van der Waals surface area contributed by atoms with E-state index < -0.39 is 12.0 Å². The molecule has 12 nitrogen and oxygen atoms in total. The van der Waals surface area contributed by atoms with Crippen LogP contribution in [0.3, 0.4) is 0 Å². The number of halogens is 1. The molecule has 1 aromatic heterocycles. The van der Waals surface area contributed by atoms with Gasteiger partial charge in [-0.2, -0.15) is 0 Å². The number of aryl methyl sites for hydroxylation is 1. The fourth-order valence-corrected chi connectivity index (χ4v) is 4.58. The van der Waals surface area contributed by atoms with Crippen LogP contribution >= 0.6 is 11.6 Å². The Kier molecular flexibility index (Phi) is 7.51. The van der Waals surface area contributed by atoms with Gasteiger partial charge in [0.25, 0.3) is 5.91 Å². The van der Waals surface area contributed by atoms with Crippen molar-refractivity contribution < 1.29 is 24.3 Å². The van der Waals surface area contributed by atoms with Crippen molar-refractivity contribution in [3.8, 4) is 5.69 Å². The molecule has 1 saturated heterocycles. The van der Waals surface area contributed by atoms with Crippen molar-refractivity contribution in [2.24, 2.45) is 0 Å². The van der Waals surface area contributed by atoms with Crippen LogP contribution in [0.2, 0.25) is 5.02 Å². The molecule has 202 valence electrons. The second-order valence-electron chi connectivity index (χ2n) is 8.95. The summed E-state index contributed by atoms with van der Waals surface area (Å²) in [6.45, 7) is -0.166. The van der Waals surface area contributed by atoms with Crippen molar-refractivity contribution >= 4 is 46.7 Å². The average molecular weight is 560 g/mol. The first kappa shape index (κ1) is 26.5. The van der Waals surface area contributed by atoms with E-state index in [0.29, 0.717) is 28.4 Å². The molecule has 1 fully saturated rings. The summed E-state index contributed by atoms with van der Waals surface area (Å²) in [6, 6.07) is 17.0. The van der Waals surface area contributed by atoms with Crippen molar-refractivity contribution in [3.63, 3.8) is 0 Å².